The Hall–Kier alpha value is -2.90. The van der Waals surface area contributed by atoms with Crippen molar-refractivity contribution in [3.05, 3.63) is 65.2 Å². The number of fused-ring (bicyclic) bond motifs is 1. The molecule has 5 rings (SSSR count). The summed E-state index contributed by atoms with van der Waals surface area (Å²) in [5, 5.41) is 1.51. The number of carbonyl (C=O) groups excluding carboxylic acids is 2. The summed E-state index contributed by atoms with van der Waals surface area (Å²) in [5.41, 5.74) is 2.86. The van der Waals surface area contributed by atoms with E-state index < -0.39 is 11.5 Å². The molecule has 1 unspecified atom stereocenters. The molecule has 33 heavy (non-hydrogen) atoms. The first-order chi connectivity index (χ1) is 16.1. The topological polar surface area (TPSA) is 68.3 Å². The largest absolute Gasteiger partial charge is 0.493 e. The SMILES string of the molecule is COC(=O)C1CC(=O)N(OCc2ccccc2)C12CCN(Cc1ccc3c(c1)CCO3)CC2. The summed E-state index contributed by atoms with van der Waals surface area (Å²) in [4.78, 5) is 34.1. The van der Waals surface area contributed by atoms with Crippen LogP contribution in [-0.4, -0.2) is 54.2 Å². The highest BCUT2D eigenvalue weighted by Gasteiger charge is 2.58. The Balaban J connectivity index is 1.30. The van der Waals surface area contributed by atoms with E-state index in [0.717, 1.165) is 44.0 Å². The standard InChI is InChI=1S/C26H30N2O5/c1-31-25(30)22-16-24(29)28(33-18-19-5-3-2-4-6-19)26(22)10-12-27(13-11-26)17-20-7-8-23-21(15-20)9-14-32-23/h2-8,15,22H,9-14,16-18H2,1H3. The van der Waals surface area contributed by atoms with Crippen LogP contribution in [0.2, 0.25) is 0 Å². The number of amides is 1. The van der Waals surface area contributed by atoms with Gasteiger partial charge >= 0.3 is 5.97 Å². The van der Waals surface area contributed by atoms with Crippen LogP contribution in [0.4, 0.5) is 0 Å². The third kappa shape index (κ3) is 4.23. The van der Waals surface area contributed by atoms with Crippen LogP contribution in [0.25, 0.3) is 0 Å². The number of hydrogen-bond donors (Lipinski definition) is 0. The van der Waals surface area contributed by atoms with Crippen LogP contribution in [0, 0.1) is 5.92 Å². The lowest BCUT2D eigenvalue weighted by molar-refractivity contribution is -0.229. The van der Waals surface area contributed by atoms with Crippen LogP contribution >= 0.6 is 0 Å². The quantitative estimate of drug-likeness (QED) is 0.630. The van der Waals surface area contributed by atoms with Crippen molar-refractivity contribution in [2.45, 2.75) is 44.4 Å². The fourth-order valence-electron chi connectivity index (χ4n) is 5.44. The molecule has 0 aromatic heterocycles. The Bertz CT molecular complexity index is 1020. The van der Waals surface area contributed by atoms with E-state index in [1.54, 1.807) is 0 Å². The van der Waals surface area contributed by atoms with E-state index >= 15 is 0 Å². The molecule has 2 fully saturated rings. The van der Waals surface area contributed by atoms with Crippen molar-refractivity contribution in [3.63, 3.8) is 0 Å². The number of hydrogen-bond acceptors (Lipinski definition) is 6. The molecule has 7 heteroatoms. The number of benzene rings is 2. The number of likely N-dealkylation sites (tertiary alicyclic amines) is 1. The fraction of sp³-hybridized carbons (Fsp3) is 0.462. The van der Waals surface area contributed by atoms with Crippen molar-refractivity contribution in [1.82, 2.24) is 9.96 Å². The molecule has 2 saturated heterocycles. The summed E-state index contributed by atoms with van der Waals surface area (Å²) in [6, 6.07) is 16.2. The summed E-state index contributed by atoms with van der Waals surface area (Å²) in [6.45, 7) is 3.44. The van der Waals surface area contributed by atoms with Gasteiger partial charge in [0.25, 0.3) is 0 Å². The van der Waals surface area contributed by atoms with Crippen LogP contribution in [0.15, 0.2) is 48.5 Å². The van der Waals surface area contributed by atoms with Crippen molar-refractivity contribution in [2.24, 2.45) is 5.92 Å². The van der Waals surface area contributed by atoms with Gasteiger partial charge in [-0.2, -0.15) is 0 Å². The molecule has 1 amide bonds. The Morgan fingerprint density at radius 2 is 1.91 bits per heavy atom. The van der Waals surface area contributed by atoms with Crippen molar-refractivity contribution in [1.29, 1.82) is 0 Å². The molecule has 7 nitrogen and oxygen atoms in total. The summed E-state index contributed by atoms with van der Waals surface area (Å²) in [6.07, 6.45) is 2.43. The monoisotopic (exact) mass is 450 g/mol. The van der Waals surface area contributed by atoms with Crippen molar-refractivity contribution in [3.8, 4) is 5.75 Å². The van der Waals surface area contributed by atoms with Gasteiger partial charge in [-0.1, -0.05) is 42.5 Å². The van der Waals surface area contributed by atoms with Crippen LogP contribution in [0.1, 0.15) is 36.0 Å². The lowest BCUT2D eigenvalue weighted by Gasteiger charge is -2.45. The van der Waals surface area contributed by atoms with Gasteiger partial charge in [0.15, 0.2) is 0 Å². The molecule has 3 aliphatic heterocycles. The van der Waals surface area contributed by atoms with E-state index in [-0.39, 0.29) is 18.3 Å². The molecule has 1 atom stereocenters. The average Bonchev–Trinajstić information content (AvgIpc) is 3.41. The van der Waals surface area contributed by atoms with Gasteiger partial charge in [0.05, 0.1) is 25.2 Å². The molecule has 174 valence electrons. The number of methoxy groups -OCH3 is 1. The number of rotatable bonds is 6. The zero-order chi connectivity index (χ0) is 22.8. The molecule has 0 bridgehead atoms. The Morgan fingerprint density at radius 1 is 1.12 bits per heavy atom. The van der Waals surface area contributed by atoms with Crippen LogP contribution in [0.5, 0.6) is 5.75 Å². The highest BCUT2D eigenvalue weighted by Crippen LogP contribution is 2.45. The molecular formula is C26H30N2O5. The maximum absolute atomic E-state index is 12.9. The van der Waals surface area contributed by atoms with E-state index in [0.29, 0.717) is 19.4 Å². The smallest absolute Gasteiger partial charge is 0.311 e. The second kappa shape index (κ2) is 9.15. The normalized spacial score (nSPS) is 21.8. The van der Waals surface area contributed by atoms with Gasteiger partial charge in [-0.15, -0.1) is 0 Å². The van der Waals surface area contributed by atoms with E-state index in [4.69, 9.17) is 14.3 Å². The minimum absolute atomic E-state index is 0.131. The number of esters is 1. The lowest BCUT2D eigenvalue weighted by Crippen LogP contribution is -2.57. The summed E-state index contributed by atoms with van der Waals surface area (Å²) in [5.74, 6) is 0.00708. The van der Waals surface area contributed by atoms with E-state index in [2.05, 4.69) is 23.1 Å². The predicted molar refractivity (Wildman–Crippen MR) is 121 cm³/mol. The van der Waals surface area contributed by atoms with Crippen molar-refractivity contribution < 1.29 is 23.9 Å². The molecule has 3 heterocycles. The maximum atomic E-state index is 12.9. The van der Waals surface area contributed by atoms with E-state index in [1.165, 1.54) is 23.3 Å². The van der Waals surface area contributed by atoms with Crippen molar-refractivity contribution in [2.75, 3.05) is 26.8 Å². The van der Waals surface area contributed by atoms with Crippen LogP contribution in [-0.2, 0) is 38.7 Å². The molecule has 2 aromatic rings. The maximum Gasteiger partial charge on any atom is 0.311 e. The fourth-order valence-corrected chi connectivity index (χ4v) is 5.44. The first kappa shape index (κ1) is 21.9. The molecule has 0 saturated carbocycles. The van der Waals surface area contributed by atoms with Gasteiger partial charge in [0, 0.05) is 32.5 Å². The molecular weight excluding hydrogens is 420 g/mol. The first-order valence-electron chi connectivity index (χ1n) is 11.6. The van der Waals surface area contributed by atoms with Crippen LogP contribution < -0.4 is 4.74 Å². The first-order valence-corrected chi connectivity index (χ1v) is 11.6. The van der Waals surface area contributed by atoms with Gasteiger partial charge in [0.2, 0.25) is 5.91 Å². The molecule has 2 aromatic carbocycles. The number of hydroxylamine groups is 2. The Labute approximate surface area is 194 Å². The average molecular weight is 451 g/mol. The lowest BCUT2D eigenvalue weighted by atomic mass is 9.77. The van der Waals surface area contributed by atoms with Crippen molar-refractivity contribution >= 4 is 11.9 Å². The van der Waals surface area contributed by atoms with Gasteiger partial charge in [-0.25, -0.2) is 5.06 Å². The molecule has 1 spiro atoms. The van der Waals surface area contributed by atoms with Gasteiger partial charge in [-0.3, -0.25) is 19.3 Å². The predicted octanol–water partition coefficient (Wildman–Crippen LogP) is 3.11. The Morgan fingerprint density at radius 3 is 2.67 bits per heavy atom. The number of ether oxygens (including phenoxy) is 2. The van der Waals surface area contributed by atoms with Gasteiger partial charge in [-0.05, 0) is 35.6 Å². The second-order valence-corrected chi connectivity index (χ2v) is 9.15. The molecule has 3 aliphatic rings. The van der Waals surface area contributed by atoms with E-state index in [9.17, 15) is 9.59 Å². The third-order valence-corrected chi connectivity index (χ3v) is 7.23. The van der Waals surface area contributed by atoms with E-state index in [1.807, 2.05) is 30.3 Å². The minimum Gasteiger partial charge on any atom is -0.493 e. The highest BCUT2D eigenvalue weighted by molar-refractivity contribution is 5.88. The molecule has 0 aliphatic carbocycles. The second-order valence-electron chi connectivity index (χ2n) is 9.15. The Kier molecular flexibility index (Phi) is 6.08. The number of nitrogens with zero attached hydrogens (tertiary/aromatic N) is 2. The van der Waals surface area contributed by atoms with Crippen LogP contribution in [0.3, 0.4) is 0 Å². The summed E-state index contributed by atoms with van der Waals surface area (Å²) in [7, 11) is 1.39. The summed E-state index contributed by atoms with van der Waals surface area (Å²) >= 11 is 0. The highest BCUT2D eigenvalue weighted by atomic mass is 16.7. The number of carbonyl (C=O) groups is 2. The minimum atomic E-state index is -0.665. The van der Waals surface area contributed by atoms with Gasteiger partial charge in [0.1, 0.15) is 12.4 Å². The zero-order valence-corrected chi connectivity index (χ0v) is 19.0. The third-order valence-electron chi connectivity index (χ3n) is 7.23. The number of piperidine rings is 1. The summed E-state index contributed by atoms with van der Waals surface area (Å²) < 4.78 is 10.7. The molecule has 0 N–H and O–H groups in total. The zero-order valence-electron chi connectivity index (χ0n) is 19.0. The molecule has 0 radical (unpaired) electrons. The van der Waals surface area contributed by atoms with Gasteiger partial charge < -0.3 is 9.47 Å².